The monoisotopic (exact) mass is 329 g/mol. The van der Waals surface area contributed by atoms with E-state index >= 15 is 0 Å². The molecule has 2 aliphatic heterocycles. The third-order valence-corrected chi connectivity index (χ3v) is 4.03. The summed E-state index contributed by atoms with van der Waals surface area (Å²) in [5, 5.41) is 6.65. The standard InChI is InChI=1S/C16H15N3O5/c1-9-4-14(18-24-9)19-7-10(5-15(19)20)16(21)17-11-2-3-12-13(6-11)23-8-22-12/h2-4,6,10H,5,7-8H2,1H3,(H,17,21). The van der Waals surface area contributed by atoms with Crippen molar-refractivity contribution < 1.29 is 23.6 Å². The number of amides is 2. The van der Waals surface area contributed by atoms with Crippen molar-refractivity contribution in [2.75, 3.05) is 23.6 Å². The largest absolute Gasteiger partial charge is 0.454 e. The van der Waals surface area contributed by atoms with E-state index in [4.69, 9.17) is 14.0 Å². The number of aromatic nitrogens is 1. The van der Waals surface area contributed by atoms with Gasteiger partial charge in [0.05, 0.1) is 5.92 Å². The van der Waals surface area contributed by atoms with Crippen molar-refractivity contribution in [2.24, 2.45) is 5.92 Å². The van der Waals surface area contributed by atoms with Gasteiger partial charge in [-0.15, -0.1) is 0 Å². The molecule has 2 aromatic rings. The van der Waals surface area contributed by atoms with E-state index in [9.17, 15) is 9.59 Å². The van der Waals surface area contributed by atoms with Crippen LogP contribution in [-0.4, -0.2) is 30.3 Å². The van der Waals surface area contributed by atoms with Gasteiger partial charge in [0.15, 0.2) is 17.3 Å². The molecule has 1 aromatic heterocycles. The van der Waals surface area contributed by atoms with Gasteiger partial charge in [0.2, 0.25) is 18.6 Å². The highest BCUT2D eigenvalue weighted by atomic mass is 16.7. The topological polar surface area (TPSA) is 93.9 Å². The summed E-state index contributed by atoms with van der Waals surface area (Å²) in [4.78, 5) is 26.0. The van der Waals surface area contributed by atoms with Crippen LogP contribution in [0, 0.1) is 12.8 Å². The molecule has 2 aliphatic rings. The molecule has 0 spiro atoms. The number of fused-ring (bicyclic) bond motifs is 1. The first-order valence-electron chi connectivity index (χ1n) is 7.54. The van der Waals surface area contributed by atoms with E-state index in [0.717, 1.165) is 0 Å². The Labute approximate surface area is 137 Å². The van der Waals surface area contributed by atoms with Crippen LogP contribution in [0.25, 0.3) is 0 Å². The molecule has 8 nitrogen and oxygen atoms in total. The molecule has 124 valence electrons. The van der Waals surface area contributed by atoms with Gasteiger partial charge in [0.25, 0.3) is 0 Å². The molecule has 0 aliphatic carbocycles. The molecule has 4 rings (SSSR count). The van der Waals surface area contributed by atoms with Crippen molar-refractivity contribution in [3.63, 3.8) is 0 Å². The molecule has 0 saturated carbocycles. The minimum Gasteiger partial charge on any atom is -0.454 e. The lowest BCUT2D eigenvalue weighted by Crippen LogP contribution is -2.28. The van der Waals surface area contributed by atoms with Gasteiger partial charge >= 0.3 is 0 Å². The zero-order valence-corrected chi connectivity index (χ0v) is 12.9. The Morgan fingerprint density at radius 1 is 1.29 bits per heavy atom. The van der Waals surface area contributed by atoms with Gasteiger partial charge in [-0.3, -0.25) is 14.5 Å². The second-order valence-electron chi connectivity index (χ2n) is 5.76. The maximum Gasteiger partial charge on any atom is 0.231 e. The molecule has 1 saturated heterocycles. The minimum atomic E-state index is -0.445. The van der Waals surface area contributed by atoms with Crippen LogP contribution in [0.3, 0.4) is 0 Å². The Kier molecular flexibility index (Phi) is 3.37. The molecule has 1 unspecified atom stereocenters. The van der Waals surface area contributed by atoms with E-state index in [-0.39, 0.29) is 31.6 Å². The van der Waals surface area contributed by atoms with Crippen molar-refractivity contribution in [1.29, 1.82) is 0 Å². The molecule has 3 heterocycles. The van der Waals surface area contributed by atoms with Crippen LogP contribution < -0.4 is 19.7 Å². The fraction of sp³-hybridized carbons (Fsp3) is 0.312. The summed E-state index contributed by atoms with van der Waals surface area (Å²) < 4.78 is 15.5. The zero-order chi connectivity index (χ0) is 16.7. The van der Waals surface area contributed by atoms with E-state index in [1.165, 1.54) is 4.90 Å². The fourth-order valence-corrected chi connectivity index (χ4v) is 2.80. The SMILES string of the molecule is Cc1cc(N2CC(C(=O)Nc3ccc4c(c3)OCO4)CC2=O)no1. The van der Waals surface area contributed by atoms with Gasteiger partial charge in [0.1, 0.15) is 5.76 Å². The van der Waals surface area contributed by atoms with Crippen LogP contribution in [0.2, 0.25) is 0 Å². The average Bonchev–Trinajstić information content (AvgIpc) is 3.26. The number of anilines is 2. The van der Waals surface area contributed by atoms with Gasteiger partial charge in [-0.05, 0) is 19.1 Å². The van der Waals surface area contributed by atoms with E-state index in [1.54, 1.807) is 31.2 Å². The average molecular weight is 329 g/mol. The summed E-state index contributed by atoms with van der Waals surface area (Å²) in [5.74, 6) is 1.49. The Bertz CT molecular complexity index is 816. The number of rotatable bonds is 3. The maximum absolute atomic E-state index is 12.4. The van der Waals surface area contributed by atoms with Crippen molar-refractivity contribution in [3.8, 4) is 11.5 Å². The molecular weight excluding hydrogens is 314 g/mol. The first kappa shape index (κ1) is 14.6. The Hall–Kier alpha value is -3.03. The molecule has 24 heavy (non-hydrogen) atoms. The third kappa shape index (κ3) is 2.55. The summed E-state index contributed by atoms with van der Waals surface area (Å²) in [6, 6.07) is 6.86. The van der Waals surface area contributed by atoms with Crippen LogP contribution in [0.15, 0.2) is 28.8 Å². The number of hydrogen-bond donors (Lipinski definition) is 1. The second-order valence-corrected chi connectivity index (χ2v) is 5.76. The van der Waals surface area contributed by atoms with Gasteiger partial charge in [-0.2, -0.15) is 0 Å². The van der Waals surface area contributed by atoms with Crippen molar-refractivity contribution in [3.05, 3.63) is 30.0 Å². The number of ether oxygens (including phenoxy) is 2. The van der Waals surface area contributed by atoms with Gasteiger partial charge in [0, 0.05) is 30.8 Å². The number of nitrogens with zero attached hydrogens (tertiary/aromatic N) is 2. The van der Waals surface area contributed by atoms with Gasteiger partial charge < -0.3 is 19.3 Å². The molecule has 0 bridgehead atoms. The highest BCUT2D eigenvalue weighted by molar-refractivity contribution is 6.03. The molecule has 8 heteroatoms. The van der Waals surface area contributed by atoms with Crippen molar-refractivity contribution in [2.45, 2.75) is 13.3 Å². The molecule has 1 atom stereocenters. The molecule has 1 aromatic carbocycles. The number of benzene rings is 1. The van der Waals surface area contributed by atoms with Crippen molar-refractivity contribution >= 4 is 23.3 Å². The molecule has 1 N–H and O–H groups in total. The Morgan fingerprint density at radius 2 is 2.12 bits per heavy atom. The third-order valence-electron chi connectivity index (χ3n) is 4.03. The molecule has 2 amide bonds. The van der Waals surface area contributed by atoms with Crippen molar-refractivity contribution in [1.82, 2.24) is 5.16 Å². The van der Waals surface area contributed by atoms with Crippen LogP contribution >= 0.6 is 0 Å². The van der Waals surface area contributed by atoms with Gasteiger partial charge in [-0.1, -0.05) is 5.16 Å². The highest BCUT2D eigenvalue weighted by Gasteiger charge is 2.36. The number of carbonyl (C=O) groups is 2. The van der Waals surface area contributed by atoms with Crippen LogP contribution in [0.1, 0.15) is 12.2 Å². The van der Waals surface area contributed by atoms with Crippen LogP contribution in [-0.2, 0) is 9.59 Å². The Morgan fingerprint density at radius 3 is 2.92 bits per heavy atom. The molecule has 0 radical (unpaired) electrons. The second kappa shape index (κ2) is 5.55. The summed E-state index contributed by atoms with van der Waals surface area (Å²) in [5.41, 5.74) is 0.604. The summed E-state index contributed by atoms with van der Waals surface area (Å²) in [6.07, 6.45) is 0.141. The van der Waals surface area contributed by atoms with E-state index in [2.05, 4.69) is 10.5 Å². The van der Waals surface area contributed by atoms with Crippen LogP contribution in [0.5, 0.6) is 11.5 Å². The smallest absolute Gasteiger partial charge is 0.231 e. The number of nitrogens with one attached hydrogen (secondary N) is 1. The highest BCUT2D eigenvalue weighted by Crippen LogP contribution is 2.34. The number of hydrogen-bond acceptors (Lipinski definition) is 6. The maximum atomic E-state index is 12.4. The molecular formula is C16H15N3O5. The molecule has 1 fully saturated rings. The summed E-state index contributed by atoms with van der Waals surface area (Å²) >= 11 is 0. The lowest BCUT2D eigenvalue weighted by Gasteiger charge is -2.13. The lowest BCUT2D eigenvalue weighted by atomic mass is 10.1. The predicted octanol–water partition coefficient (Wildman–Crippen LogP) is 1.70. The summed E-state index contributed by atoms with van der Waals surface area (Å²) in [7, 11) is 0. The zero-order valence-electron chi connectivity index (χ0n) is 12.9. The predicted molar refractivity (Wildman–Crippen MR) is 82.9 cm³/mol. The van der Waals surface area contributed by atoms with E-state index < -0.39 is 5.92 Å². The summed E-state index contributed by atoms with van der Waals surface area (Å²) in [6.45, 7) is 2.21. The first-order chi connectivity index (χ1) is 11.6. The lowest BCUT2D eigenvalue weighted by molar-refractivity contribution is -0.122. The van der Waals surface area contributed by atoms with Gasteiger partial charge in [-0.25, -0.2) is 0 Å². The number of aryl methyl sites for hydroxylation is 1. The van der Waals surface area contributed by atoms with Crippen LogP contribution in [0.4, 0.5) is 11.5 Å². The first-order valence-corrected chi connectivity index (χ1v) is 7.54. The quantitative estimate of drug-likeness (QED) is 0.921. The fourth-order valence-electron chi connectivity index (χ4n) is 2.80. The number of carbonyl (C=O) groups excluding carboxylic acids is 2. The minimum absolute atomic E-state index is 0.141. The normalized spacial score (nSPS) is 19.0. The van der Waals surface area contributed by atoms with E-state index in [1.807, 2.05) is 0 Å². The van der Waals surface area contributed by atoms with E-state index in [0.29, 0.717) is 28.8 Å². The Balaban J connectivity index is 1.44.